The molecule has 0 radical (unpaired) electrons. The highest BCUT2D eigenvalue weighted by atomic mass is 32.1. The van der Waals surface area contributed by atoms with E-state index in [2.05, 4.69) is 36.4 Å². The zero-order valence-electron chi connectivity index (χ0n) is 39.7. The molecule has 266 valence electrons. The third kappa shape index (κ3) is 5.04. The smallest absolute Gasteiger partial charge is 0.164 e. The zero-order valence-corrected chi connectivity index (χ0v) is 30.5. The molecule has 0 bridgehead atoms. The van der Waals surface area contributed by atoms with Gasteiger partial charge in [-0.1, -0.05) is 121 Å². The first-order valence-electron chi connectivity index (χ1n) is 23.2. The summed E-state index contributed by atoms with van der Waals surface area (Å²) in [5.41, 5.74) is 3.46. The van der Waals surface area contributed by atoms with Crippen LogP contribution in [-0.2, 0) is 0 Å². The standard InChI is InChI=1S/C51H30N4OS/c1-3-13-31(14-4-1)35-19-12-24-46-48(35)40-29-33(25-28-45(40)57-46)50-52-49(32-15-5-2-6-16-32)53-51(54-50)38-20-11-23-44-47(38)39-30-34(26-27-43(39)56-44)55-41-21-9-7-17-36(41)37-18-8-10-22-42(37)55/h1-30H/i7D,9D,11D,17D,20D,21D,22D,23D,26D,27D. The van der Waals surface area contributed by atoms with E-state index in [0.717, 1.165) is 31.3 Å². The van der Waals surface area contributed by atoms with Gasteiger partial charge in [-0.15, -0.1) is 11.3 Å². The first-order chi connectivity index (χ1) is 32.4. The Balaban J connectivity index is 1.16. The molecule has 0 saturated heterocycles. The minimum Gasteiger partial charge on any atom is -0.456 e. The normalized spacial score (nSPS) is 14.3. The molecule has 0 spiro atoms. The molecule has 0 saturated carbocycles. The molecule has 8 aromatic carbocycles. The van der Waals surface area contributed by atoms with E-state index in [1.165, 1.54) is 16.7 Å². The molecule has 0 amide bonds. The first-order valence-corrected chi connectivity index (χ1v) is 19.0. The molecule has 0 aliphatic heterocycles. The molecule has 4 aromatic heterocycles. The second-order valence-electron chi connectivity index (χ2n) is 13.6. The number of nitrogens with zero attached hydrogens (tertiary/aromatic N) is 4. The van der Waals surface area contributed by atoms with Crippen LogP contribution in [0.2, 0.25) is 0 Å². The fourth-order valence-corrected chi connectivity index (χ4v) is 8.91. The van der Waals surface area contributed by atoms with Gasteiger partial charge in [-0.25, -0.2) is 15.0 Å². The average molecular weight is 757 g/mol. The lowest BCUT2D eigenvalue weighted by Gasteiger charge is -2.10. The van der Waals surface area contributed by atoms with Crippen LogP contribution in [0.25, 0.3) is 115 Å². The molecule has 0 fully saturated rings. The second kappa shape index (κ2) is 12.6. The number of rotatable bonds is 5. The van der Waals surface area contributed by atoms with Crippen molar-refractivity contribution in [2.24, 2.45) is 0 Å². The van der Waals surface area contributed by atoms with Crippen molar-refractivity contribution < 1.29 is 18.1 Å². The van der Waals surface area contributed by atoms with E-state index in [-0.39, 0.29) is 91.3 Å². The maximum Gasteiger partial charge on any atom is 0.164 e. The van der Waals surface area contributed by atoms with E-state index in [0.29, 0.717) is 16.5 Å². The lowest BCUT2D eigenvalue weighted by molar-refractivity contribution is 0.669. The van der Waals surface area contributed by atoms with Gasteiger partial charge in [-0.3, -0.25) is 0 Å². The van der Waals surface area contributed by atoms with E-state index in [9.17, 15) is 4.11 Å². The summed E-state index contributed by atoms with van der Waals surface area (Å²) in [7, 11) is 0. The van der Waals surface area contributed by atoms with Crippen LogP contribution in [0, 0.1) is 0 Å². The summed E-state index contributed by atoms with van der Waals surface area (Å²) in [5, 5.41) is 2.90. The molecule has 0 aliphatic carbocycles. The van der Waals surface area contributed by atoms with Gasteiger partial charge in [0.1, 0.15) is 11.2 Å². The summed E-state index contributed by atoms with van der Waals surface area (Å²) >= 11 is 1.68. The Morgan fingerprint density at radius 3 is 2.11 bits per heavy atom. The Labute approximate surface area is 344 Å². The van der Waals surface area contributed by atoms with Crippen LogP contribution in [0.15, 0.2) is 186 Å². The van der Waals surface area contributed by atoms with Crippen LogP contribution < -0.4 is 0 Å². The van der Waals surface area contributed by atoms with Gasteiger partial charge in [-0.05, 0) is 71.7 Å². The van der Waals surface area contributed by atoms with E-state index >= 15 is 0 Å². The van der Waals surface area contributed by atoms with E-state index < -0.39 is 36.3 Å². The van der Waals surface area contributed by atoms with Crippen LogP contribution in [-0.4, -0.2) is 19.5 Å². The number of thiophene rings is 1. The Hall–Kier alpha value is -7.41. The zero-order chi connectivity index (χ0) is 46.2. The van der Waals surface area contributed by atoms with Gasteiger partial charge >= 0.3 is 0 Å². The highest BCUT2D eigenvalue weighted by molar-refractivity contribution is 7.26. The largest absolute Gasteiger partial charge is 0.456 e. The average Bonchev–Trinajstić information content (AvgIpc) is 4.04. The minimum absolute atomic E-state index is 0.00208. The number of fused-ring (bicyclic) bond motifs is 9. The van der Waals surface area contributed by atoms with Crippen molar-refractivity contribution in [2.75, 3.05) is 0 Å². The number of benzene rings is 8. The minimum atomic E-state index is -0.508. The Morgan fingerprint density at radius 2 is 1.23 bits per heavy atom. The summed E-state index contributed by atoms with van der Waals surface area (Å²) in [6.07, 6.45) is 0. The van der Waals surface area contributed by atoms with Crippen LogP contribution in [0.4, 0.5) is 0 Å². The summed E-state index contributed by atoms with van der Waals surface area (Å²) in [4.78, 5) is 15.0. The van der Waals surface area contributed by atoms with Crippen molar-refractivity contribution in [3.8, 4) is 51.0 Å². The molecular formula is C51H30N4OS. The molecule has 6 heteroatoms. The third-order valence-electron chi connectivity index (χ3n) is 10.3. The van der Waals surface area contributed by atoms with E-state index in [1.807, 2.05) is 60.7 Å². The quantitative estimate of drug-likeness (QED) is 0.175. The number of furan rings is 1. The van der Waals surface area contributed by atoms with Crippen molar-refractivity contribution in [3.05, 3.63) is 182 Å². The third-order valence-corrected chi connectivity index (χ3v) is 11.5. The van der Waals surface area contributed by atoms with Crippen LogP contribution >= 0.6 is 11.3 Å². The number of para-hydroxylation sites is 2. The van der Waals surface area contributed by atoms with Gasteiger partial charge in [0.15, 0.2) is 17.5 Å². The fourth-order valence-electron chi connectivity index (χ4n) is 7.80. The van der Waals surface area contributed by atoms with Crippen molar-refractivity contribution in [3.63, 3.8) is 0 Å². The van der Waals surface area contributed by atoms with Gasteiger partial charge < -0.3 is 8.98 Å². The summed E-state index contributed by atoms with van der Waals surface area (Å²) in [6, 6.07) is 34.3. The molecule has 0 aliphatic rings. The van der Waals surface area contributed by atoms with E-state index in [1.54, 1.807) is 23.5 Å². The van der Waals surface area contributed by atoms with Crippen molar-refractivity contribution in [1.82, 2.24) is 19.5 Å². The van der Waals surface area contributed by atoms with Gasteiger partial charge in [0, 0.05) is 64.1 Å². The van der Waals surface area contributed by atoms with E-state index in [4.69, 9.17) is 29.0 Å². The van der Waals surface area contributed by atoms with Crippen molar-refractivity contribution in [2.45, 2.75) is 0 Å². The predicted molar refractivity (Wildman–Crippen MR) is 236 cm³/mol. The van der Waals surface area contributed by atoms with Crippen molar-refractivity contribution in [1.29, 1.82) is 0 Å². The highest BCUT2D eigenvalue weighted by Crippen LogP contribution is 2.43. The number of hydrogen-bond donors (Lipinski definition) is 0. The molecule has 5 nitrogen and oxygen atoms in total. The van der Waals surface area contributed by atoms with Gasteiger partial charge in [0.2, 0.25) is 0 Å². The Morgan fingerprint density at radius 1 is 0.456 bits per heavy atom. The van der Waals surface area contributed by atoms with Gasteiger partial charge in [0.25, 0.3) is 0 Å². The van der Waals surface area contributed by atoms with Crippen LogP contribution in [0.1, 0.15) is 13.7 Å². The molecule has 12 rings (SSSR count). The predicted octanol–water partition coefficient (Wildman–Crippen LogP) is 13.9. The topological polar surface area (TPSA) is 56.7 Å². The monoisotopic (exact) mass is 756 g/mol. The molecule has 4 heterocycles. The van der Waals surface area contributed by atoms with Gasteiger partial charge in [-0.2, -0.15) is 0 Å². The molecular weight excluding hydrogens is 717 g/mol. The lowest BCUT2D eigenvalue weighted by atomic mass is 9.99. The van der Waals surface area contributed by atoms with Crippen molar-refractivity contribution >= 4 is 75.3 Å². The molecule has 0 atom stereocenters. The highest BCUT2D eigenvalue weighted by Gasteiger charge is 2.20. The number of hydrogen-bond acceptors (Lipinski definition) is 5. The SMILES string of the molecule is [2H]c1c(-n2c3c([2H])cccc3c3c([2H])c([2H])c([2H])c([2H])c32)cc2c(oc3c([2H])c([2H])c([2H])c(-c4nc(-c5ccccc5)nc(-c5ccc6sc7cccc(-c8ccccc8)c7c6c5)n4)c32)c1[2H]. The second-order valence-corrected chi connectivity index (χ2v) is 14.7. The summed E-state index contributed by atoms with van der Waals surface area (Å²) in [6.45, 7) is 0. The van der Waals surface area contributed by atoms with Crippen LogP contribution in [0.5, 0.6) is 0 Å². The first kappa shape index (κ1) is 23.5. The fraction of sp³-hybridized carbons (Fsp3) is 0. The summed E-state index contributed by atoms with van der Waals surface area (Å²) < 4.78 is 100. The maximum absolute atomic E-state index is 9.48. The maximum atomic E-state index is 9.48. The molecule has 0 unspecified atom stereocenters. The summed E-state index contributed by atoms with van der Waals surface area (Å²) in [5.74, 6) is 0.556. The van der Waals surface area contributed by atoms with Gasteiger partial charge in [0.05, 0.1) is 24.7 Å². The Bertz CT molecular complexity index is 4120. The lowest BCUT2D eigenvalue weighted by Crippen LogP contribution is -2.00. The molecule has 12 aromatic rings. The Kier molecular flexibility index (Phi) is 5.18. The number of aromatic nitrogens is 4. The van der Waals surface area contributed by atoms with Crippen LogP contribution in [0.3, 0.4) is 0 Å². The molecule has 0 N–H and O–H groups in total. The molecule has 57 heavy (non-hydrogen) atoms.